The van der Waals surface area contributed by atoms with E-state index in [0.717, 1.165) is 15.4 Å². The quantitative estimate of drug-likeness (QED) is 0.696. The van der Waals surface area contributed by atoms with Crippen LogP contribution in [0.3, 0.4) is 0 Å². The number of carbonyl (C=O) groups is 2. The van der Waals surface area contributed by atoms with Gasteiger partial charge in [0, 0.05) is 28.3 Å². The monoisotopic (exact) mass is 307 g/mol. The number of aromatic amines is 1. The molecule has 0 atom stereocenters. The summed E-state index contributed by atoms with van der Waals surface area (Å²) in [6.45, 7) is 0.350. The second kappa shape index (κ2) is 4.13. The van der Waals surface area contributed by atoms with Crippen molar-refractivity contribution in [2.75, 3.05) is 11.9 Å². The van der Waals surface area contributed by atoms with Crippen LogP contribution in [0.25, 0.3) is 10.9 Å². The number of hydrogen-bond donors (Lipinski definition) is 3. The third-order valence-electron chi connectivity index (χ3n) is 2.89. The minimum absolute atomic E-state index is 0.0999. The van der Waals surface area contributed by atoms with Crippen molar-refractivity contribution < 1.29 is 9.59 Å². The van der Waals surface area contributed by atoms with Crippen molar-refractivity contribution in [3.05, 3.63) is 28.4 Å². The smallest absolute Gasteiger partial charge is 0.269 e. The number of nitrogens with one attached hydrogen (secondary N) is 3. The molecule has 6 heteroatoms. The van der Waals surface area contributed by atoms with Crippen molar-refractivity contribution in [3.8, 4) is 0 Å². The first-order valence-corrected chi connectivity index (χ1v) is 6.34. The number of halogens is 1. The minimum atomic E-state index is -0.197. The topological polar surface area (TPSA) is 74.0 Å². The SMILES string of the molecule is O=C1CCNC(=O)c2[nH]c3ccc(Br)cc3c2N1. The fraction of sp³-hybridized carbons (Fsp3) is 0.167. The maximum absolute atomic E-state index is 11.9. The number of amides is 2. The Hall–Kier alpha value is -1.82. The molecule has 1 aliphatic rings. The average Bonchev–Trinajstić information content (AvgIpc) is 2.66. The predicted octanol–water partition coefficient (Wildman–Crippen LogP) is 2.00. The van der Waals surface area contributed by atoms with E-state index >= 15 is 0 Å². The largest absolute Gasteiger partial charge is 0.350 e. The Labute approximate surface area is 111 Å². The summed E-state index contributed by atoms with van der Waals surface area (Å²) in [4.78, 5) is 26.6. The molecule has 2 amide bonds. The first-order chi connectivity index (χ1) is 8.65. The molecule has 2 aromatic rings. The van der Waals surface area contributed by atoms with E-state index in [9.17, 15) is 9.59 Å². The number of anilines is 1. The van der Waals surface area contributed by atoms with Crippen LogP contribution in [0.5, 0.6) is 0 Å². The second-order valence-electron chi connectivity index (χ2n) is 4.12. The number of aromatic nitrogens is 1. The molecule has 0 spiro atoms. The summed E-state index contributed by atoms with van der Waals surface area (Å²) in [6.07, 6.45) is 0.284. The van der Waals surface area contributed by atoms with Crippen molar-refractivity contribution in [1.82, 2.24) is 10.3 Å². The van der Waals surface area contributed by atoms with Gasteiger partial charge in [0.05, 0.1) is 5.69 Å². The van der Waals surface area contributed by atoms with Gasteiger partial charge in [-0.15, -0.1) is 0 Å². The van der Waals surface area contributed by atoms with E-state index in [0.29, 0.717) is 17.9 Å². The average molecular weight is 308 g/mol. The van der Waals surface area contributed by atoms with Crippen LogP contribution >= 0.6 is 15.9 Å². The molecule has 0 aliphatic carbocycles. The standard InChI is InChI=1S/C12H10BrN3O2/c13-6-1-2-8-7(5-6)10-11(15-8)12(18)14-4-3-9(17)16-10/h1-2,5,15H,3-4H2,(H,14,18)(H,16,17). The molecule has 2 heterocycles. The number of rotatable bonds is 0. The highest BCUT2D eigenvalue weighted by Crippen LogP contribution is 2.30. The number of hydrogen-bond acceptors (Lipinski definition) is 2. The molecule has 1 aliphatic heterocycles. The van der Waals surface area contributed by atoms with Gasteiger partial charge in [0.15, 0.2) is 0 Å². The van der Waals surface area contributed by atoms with E-state index in [1.54, 1.807) is 0 Å². The molecule has 0 saturated heterocycles. The van der Waals surface area contributed by atoms with Crippen molar-refractivity contribution in [3.63, 3.8) is 0 Å². The van der Waals surface area contributed by atoms with Crippen LogP contribution in [0.1, 0.15) is 16.9 Å². The van der Waals surface area contributed by atoms with Crippen LogP contribution < -0.4 is 10.6 Å². The minimum Gasteiger partial charge on any atom is -0.350 e. The van der Waals surface area contributed by atoms with Crippen LogP contribution in [0.4, 0.5) is 5.69 Å². The van der Waals surface area contributed by atoms with Gasteiger partial charge in [-0.05, 0) is 18.2 Å². The van der Waals surface area contributed by atoms with Gasteiger partial charge in [-0.25, -0.2) is 0 Å². The van der Waals surface area contributed by atoms with Crippen LogP contribution in [-0.2, 0) is 4.79 Å². The molecule has 5 nitrogen and oxygen atoms in total. The molecule has 1 aromatic carbocycles. The van der Waals surface area contributed by atoms with Crippen molar-refractivity contribution in [2.24, 2.45) is 0 Å². The number of benzene rings is 1. The van der Waals surface area contributed by atoms with Crippen LogP contribution in [0, 0.1) is 0 Å². The lowest BCUT2D eigenvalue weighted by Gasteiger charge is -2.12. The Balaban J connectivity index is 2.26. The molecule has 18 heavy (non-hydrogen) atoms. The lowest BCUT2D eigenvalue weighted by atomic mass is 10.2. The molecule has 3 N–H and O–H groups in total. The van der Waals surface area contributed by atoms with Crippen molar-refractivity contribution in [2.45, 2.75) is 6.42 Å². The second-order valence-corrected chi connectivity index (χ2v) is 5.03. The molecule has 1 aromatic heterocycles. The Morgan fingerprint density at radius 2 is 2.06 bits per heavy atom. The van der Waals surface area contributed by atoms with E-state index in [1.807, 2.05) is 18.2 Å². The lowest BCUT2D eigenvalue weighted by molar-refractivity contribution is -0.116. The molecule has 0 fully saturated rings. The van der Waals surface area contributed by atoms with E-state index in [2.05, 4.69) is 31.5 Å². The third kappa shape index (κ3) is 1.78. The Morgan fingerprint density at radius 1 is 1.22 bits per heavy atom. The number of carbonyl (C=O) groups excluding carboxylic acids is 2. The summed E-state index contributed by atoms with van der Waals surface area (Å²) in [7, 11) is 0. The highest BCUT2D eigenvalue weighted by Gasteiger charge is 2.21. The molecular formula is C12H10BrN3O2. The first-order valence-electron chi connectivity index (χ1n) is 5.54. The Kier molecular flexibility index (Phi) is 2.59. The fourth-order valence-corrected chi connectivity index (χ4v) is 2.41. The van der Waals surface area contributed by atoms with Crippen LogP contribution in [0.2, 0.25) is 0 Å². The highest BCUT2D eigenvalue weighted by molar-refractivity contribution is 9.10. The zero-order valence-electron chi connectivity index (χ0n) is 9.34. The first kappa shape index (κ1) is 11.3. The van der Waals surface area contributed by atoms with Gasteiger partial charge >= 0.3 is 0 Å². The van der Waals surface area contributed by atoms with Gasteiger partial charge in [-0.1, -0.05) is 15.9 Å². The molecule has 0 unspecified atom stereocenters. The highest BCUT2D eigenvalue weighted by atomic mass is 79.9. The summed E-state index contributed by atoms with van der Waals surface area (Å²) < 4.78 is 0.897. The molecule has 0 saturated carbocycles. The summed E-state index contributed by atoms with van der Waals surface area (Å²) in [5.74, 6) is -0.297. The van der Waals surface area contributed by atoms with Gasteiger partial charge in [-0.3, -0.25) is 9.59 Å². The van der Waals surface area contributed by atoms with Gasteiger partial charge in [0.2, 0.25) is 5.91 Å². The van der Waals surface area contributed by atoms with E-state index < -0.39 is 0 Å². The van der Waals surface area contributed by atoms with Crippen molar-refractivity contribution in [1.29, 1.82) is 0 Å². The summed E-state index contributed by atoms with van der Waals surface area (Å²) in [5.41, 5.74) is 1.77. The molecular weight excluding hydrogens is 298 g/mol. The summed E-state index contributed by atoms with van der Waals surface area (Å²) in [6, 6.07) is 5.62. The van der Waals surface area contributed by atoms with E-state index in [4.69, 9.17) is 0 Å². The maximum Gasteiger partial charge on any atom is 0.269 e. The summed E-state index contributed by atoms with van der Waals surface area (Å²) in [5, 5.41) is 6.32. The maximum atomic E-state index is 11.9. The zero-order valence-corrected chi connectivity index (χ0v) is 10.9. The molecule has 3 rings (SSSR count). The molecule has 0 radical (unpaired) electrons. The Morgan fingerprint density at radius 3 is 2.89 bits per heavy atom. The van der Waals surface area contributed by atoms with Gasteiger partial charge in [0.1, 0.15) is 5.69 Å². The molecule has 92 valence electrons. The predicted molar refractivity (Wildman–Crippen MR) is 71.6 cm³/mol. The van der Waals surface area contributed by atoms with Crippen LogP contribution in [0.15, 0.2) is 22.7 Å². The normalized spacial score (nSPS) is 15.6. The number of fused-ring (bicyclic) bond motifs is 3. The van der Waals surface area contributed by atoms with Gasteiger partial charge in [-0.2, -0.15) is 0 Å². The number of H-pyrrole nitrogens is 1. The van der Waals surface area contributed by atoms with Gasteiger partial charge < -0.3 is 15.6 Å². The van der Waals surface area contributed by atoms with E-state index in [1.165, 1.54) is 0 Å². The third-order valence-corrected chi connectivity index (χ3v) is 3.38. The van der Waals surface area contributed by atoms with Crippen molar-refractivity contribution >= 4 is 44.3 Å². The van der Waals surface area contributed by atoms with E-state index in [-0.39, 0.29) is 18.2 Å². The summed E-state index contributed by atoms with van der Waals surface area (Å²) >= 11 is 3.38. The Bertz CT molecular complexity index is 663. The molecule has 0 bridgehead atoms. The lowest BCUT2D eigenvalue weighted by Crippen LogP contribution is -2.31. The van der Waals surface area contributed by atoms with Gasteiger partial charge in [0.25, 0.3) is 5.91 Å². The zero-order chi connectivity index (χ0) is 12.7. The fourth-order valence-electron chi connectivity index (χ4n) is 2.04. The van der Waals surface area contributed by atoms with Crippen LogP contribution in [-0.4, -0.2) is 23.3 Å².